The number of pyridine rings is 1. The quantitative estimate of drug-likeness (QED) is 0.702. The Balaban J connectivity index is 2.51. The fraction of sp³-hybridized carbons (Fsp3) is 0.286. The van der Waals surface area contributed by atoms with Crippen molar-refractivity contribution in [1.29, 1.82) is 0 Å². The van der Waals surface area contributed by atoms with Gasteiger partial charge in [0.15, 0.2) is 6.61 Å². The van der Waals surface area contributed by atoms with Crippen molar-refractivity contribution in [2.75, 3.05) is 6.61 Å². The van der Waals surface area contributed by atoms with Gasteiger partial charge < -0.3 is 4.74 Å². The fourth-order valence-corrected chi connectivity index (χ4v) is 0.725. The Hall–Kier alpha value is -0.970. The van der Waals surface area contributed by atoms with Crippen molar-refractivity contribution in [2.45, 2.75) is 6.18 Å². The van der Waals surface area contributed by atoms with Gasteiger partial charge in [-0.05, 0) is 12.1 Å². The van der Waals surface area contributed by atoms with Gasteiger partial charge in [-0.15, -0.1) is 0 Å². The van der Waals surface area contributed by atoms with Gasteiger partial charge in [-0.1, -0.05) is 11.6 Å². The molecule has 0 amide bonds. The van der Waals surface area contributed by atoms with Crippen LogP contribution in [0.1, 0.15) is 0 Å². The van der Waals surface area contributed by atoms with Gasteiger partial charge in [0.25, 0.3) is 0 Å². The van der Waals surface area contributed by atoms with E-state index in [4.69, 9.17) is 11.6 Å². The molecule has 0 saturated heterocycles. The van der Waals surface area contributed by atoms with E-state index in [-0.39, 0.29) is 10.9 Å². The van der Waals surface area contributed by atoms with E-state index in [0.29, 0.717) is 0 Å². The van der Waals surface area contributed by atoms with E-state index in [2.05, 4.69) is 9.72 Å². The smallest absolute Gasteiger partial charge is 0.422 e. The highest BCUT2D eigenvalue weighted by Crippen LogP contribution is 2.18. The average Bonchev–Trinajstić information content (AvgIpc) is 2.02. The largest absolute Gasteiger partial charge is 0.483 e. The Morgan fingerprint density at radius 3 is 2.54 bits per heavy atom. The first-order valence-corrected chi connectivity index (χ1v) is 3.66. The molecule has 0 unspecified atom stereocenters. The van der Waals surface area contributed by atoms with E-state index in [1.807, 2.05) is 0 Å². The van der Waals surface area contributed by atoms with Crippen molar-refractivity contribution in [3.05, 3.63) is 23.5 Å². The molecule has 0 aliphatic carbocycles. The predicted octanol–water partition coefficient (Wildman–Crippen LogP) is 2.68. The lowest BCUT2D eigenvalue weighted by Gasteiger charge is -2.07. The molecule has 0 aliphatic heterocycles. The zero-order valence-corrected chi connectivity index (χ0v) is 7.06. The van der Waals surface area contributed by atoms with Crippen LogP contribution in [0.2, 0.25) is 5.15 Å². The molecule has 1 heterocycles. The first-order chi connectivity index (χ1) is 5.97. The fourth-order valence-electron chi connectivity index (χ4n) is 0.613. The minimum Gasteiger partial charge on any atom is -0.483 e. The second-order valence-electron chi connectivity index (χ2n) is 2.22. The van der Waals surface area contributed by atoms with Crippen molar-refractivity contribution in [1.82, 2.24) is 4.98 Å². The van der Waals surface area contributed by atoms with E-state index in [1.165, 1.54) is 12.1 Å². The summed E-state index contributed by atoms with van der Waals surface area (Å²) in [7, 11) is 0. The molecule has 0 spiro atoms. The summed E-state index contributed by atoms with van der Waals surface area (Å²) in [5.74, 6) is 0.0433. The summed E-state index contributed by atoms with van der Waals surface area (Å²) in [6.07, 6.45) is -3.20. The SMILES string of the molecule is FC(F)(F)COc1ccc(Cl)nc1. The van der Waals surface area contributed by atoms with Crippen molar-refractivity contribution in [3.63, 3.8) is 0 Å². The third-order valence-electron chi connectivity index (χ3n) is 1.10. The maximum atomic E-state index is 11.6. The summed E-state index contributed by atoms with van der Waals surface area (Å²) in [6.45, 7) is -1.32. The Bertz CT molecular complexity index is 272. The molecule has 0 aromatic carbocycles. The molecule has 0 N–H and O–H groups in total. The van der Waals surface area contributed by atoms with Crippen LogP contribution >= 0.6 is 11.6 Å². The van der Waals surface area contributed by atoms with E-state index < -0.39 is 12.8 Å². The van der Waals surface area contributed by atoms with Gasteiger partial charge in [-0.25, -0.2) is 4.98 Å². The number of hydrogen-bond acceptors (Lipinski definition) is 2. The summed E-state index contributed by atoms with van der Waals surface area (Å²) < 4.78 is 39.3. The van der Waals surface area contributed by atoms with E-state index >= 15 is 0 Å². The minimum atomic E-state index is -4.33. The molecule has 2 nitrogen and oxygen atoms in total. The summed E-state index contributed by atoms with van der Waals surface area (Å²) in [5.41, 5.74) is 0. The molecular weight excluding hydrogens is 207 g/mol. The lowest BCUT2D eigenvalue weighted by atomic mass is 10.5. The molecule has 0 atom stereocenters. The molecule has 1 aromatic rings. The minimum absolute atomic E-state index is 0.0433. The predicted molar refractivity (Wildman–Crippen MR) is 40.8 cm³/mol. The Kier molecular flexibility index (Phi) is 2.98. The van der Waals surface area contributed by atoms with Gasteiger partial charge in [0.1, 0.15) is 10.9 Å². The molecule has 0 saturated carbocycles. The Morgan fingerprint density at radius 2 is 2.08 bits per heavy atom. The van der Waals surface area contributed by atoms with Gasteiger partial charge in [0, 0.05) is 0 Å². The summed E-state index contributed by atoms with van der Waals surface area (Å²) in [4.78, 5) is 3.55. The van der Waals surface area contributed by atoms with Gasteiger partial charge in [-0.3, -0.25) is 0 Å². The topological polar surface area (TPSA) is 22.1 Å². The second kappa shape index (κ2) is 3.83. The van der Waals surface area contributed by atoms with E-state index in [0.717, 1.165) is 6.20 Å². The van der Waals surface area contributed by atoms with Crippen molar-refractivity contribution >= 4 is 11.6 Å². The molecule has 13 heavy (non-hydrogen) atoms. The third kappa shape index (κ3) is 3.98. The van der Waals surface area contributed by atoms with E-state index in [1.54, 1.807) is 0 Å². The van der Waals surface area contributed by atoms with E-state index in [9.17, 15) is 13.2 Å². The average molecular weight is 212 g/mol. The molecule has 0 radical (unpaired) electrons. The van der Waals surface area contributed by atoms with Crippen LogP contribution in [0.25, 0.3) is 0 Å². The van der Waals surface area contributed by atoms with Gasteiger partial charge in [0.05, 0.1) is 6.20 Å². The molecular formula is C7H5ClF3NO. The monoisotopic (exact) mass is 211 g/mol. The first kappa shape index (κ1) is 10.1. The maximum Gasteiger partial charge on any atom is 0.422 e. The molecule has 1 rings (SSSR count). The van der Waals surface area contributed by atoms with Crippen molar-refractivity contribution in [2.24, 2.45) is 0 Å². The lowest BCUT2D eigenvalue weighted by Crippen LogP contribution is -2.19. The molecule has 0 fully saturated rings. The van der Waals surface area contributed by atoms with Crippen LogP contribution in [-0.4, -0.2) is 17.8 Å². The Morgan fingerprint density at radius 1 is 1.38 bits per heavy atom. The Labute approximate surface area is 77.3 Å². The van der Waals surface area contributed by atoms with Gasteiger partial charge >= 0.3 is 6.18 Å². The normalized spacial score (nSPS) is 11.4. The summed E-state index contributed by atoms with van der Waals surface area (Å²) >= 11 is 5.41. The highest BCUT2D eigenvalue weighted by molar-refractivity contribution is 6.29. The molecule has 1 aromatic heterocycles. The van der Waals surface area contributed by atoms with Gasteiger partial charge in [0.2, 0.25) is 0 Å². The molecule has 0 bridgehead atoms. The number of rotatable bonds is 2. The zero-order valence-electron chi connectivity index (χ0n) is 6.31. The first-order valence-electron chi connectivity index (χ1n) is 3.28. The molecule has 0 aliphatic rings. The number of ether oxygens (including phenoxy) is 1. The lowest BCUT2D eigenvalue weighted by molar-refractivity contribution is -0.153. The molecule has 72 valence electrons. The van der Waals surface area contributed by atoms with Crippen molar-refractivity contribution < 1.29 is 17.9 Å². The third-order valence-corrected chi connectivity index (χ3v) is 1.33. The highest BCUT2D eigenvalue weighted by Gasteiger charge is 2.28. The van der Waals surface area contributed by atoms with Crippen LogP contribution in [-0.2, 0) is 0 Å². The van der Waals surface area contributed by atoms with Gasteiger partial charge in [-0.2, -0.15) is 13.2 Å². The summed E-state index contributed by atoms with van der Waals surface area (Å²) in [6, 6.07) is 2.67. The van der Waals surface area contributed by atoms with Crippen LogP contribution in [0.15, 0.2) is 18.3 Å². The number of hydrogen-bond donors (Lipinski definition) is 0. The highest BCUT2D eigenvalue weighted by atomic mass is 35.5. The van der Waals surface area contributed by atoms with Crippen LogP contribution in [0.5, 0.6) is 5.75 Å². The zero-order chi connectivity index (χ0) is 9.90. The number of aromatic nitrogens is 1. The molecule has 6 heteroatoms. The van der Waals surface area contributed by atoms with Crippen LogP contribution in [0.3, 0.4) is 0 Å². The summed E-state index contributed by atoms with van der Waals surface area (Å²) in [5, 5.41) is 0.208. The number of halogens is 4. The second-order valence-corrected chi connectivity index (χ2v) is 2.61. The number of alkyl halides is 3. The van der Waals surface area contributed by atoms with Crippen molar-refractivity contribution in [3.8, 4) is 5.75 Å². The standard InChI is InChI=1S/C7H5ClF3NO/c8-6-2-1-5(3-12-6)13-4-7(9,10)11/h1-3H,4H2. The van der Waals surface area contributed by atoms with Crippen LogP contribution in [0, 0.1) is 0 Å². The van der Waals surface area contributed by atoms with Crippen LogP contribution in [0.4, 0.5) is 13.2 Å². The van der Waals surface area contributed by atoms with Crippen LogP contribution < -0.4 is 4.74 Å². The maximum absolute atomic E-state index is 11.6. The number of nitrogens with zero attached hydrogens (tertiary/aromatic N) is 1.